The van der Waals surface area contributed by atoms with Crippen LogP contribution in [-0.4, -0.2) is 48.0 Å². The molecule has 0 saturated carbocycles. The Morgan fingerprint density at radius 2 is 2.00 bits per heavy atom. The quantitative estimate of drug-likeness (QED) is 0.274. The van der Waals surface area contributed by atoms with Gasteiger partial charge in [0.25, 0.3) is 5.56 Å². The van der Waals surface area contributed by atoms with E-state index in [4.69, 9.17) is 27.1 Å². The molecule has 2 N–H and O–H groups in total. The van der Waals surface area contributed by atoms with Crippen molar-refractivity contribution in [2.45, 2.75) is 65.4 Å². The first kappa shape index (κ1) is 28.9. The van der Waals surface area contributed by atoms with Crippen molar-refractivity contribution >= 4 is 56.2 Å². The minimum absolute atomic E-state index is 0.0116. The average Bonchev–Trinajstić information content (AvgIpc) is 3.48. The zero-order chi connectivity index (χ0) is 29.6. The second-order valence-electron chi connectivity index (χ2n) is 11.0. The van der Waals surface area contributed by atoms with Crippen LogP contribution in [-0.2, 0) is 29.7 Å². The molecule has 41 heavy (non-hydrogen) atoms. The molecule has 0 radical (unpaired) electrons. The largest absolute Gasteiger partial charge is 0.460 e. The monoisotopic (exact) mass is 597 g/mol. The van der Waals surface area contributed by atoms with Gasteiger partial charge in [-0.3, -0.25) is 23.3 Å². The van der Waals surface area contributed by atoms with Crippen molar-refractivity contribution in [1.29, 1.82) is 0 Å². The maximum absolute atomic E-state index is 13.9. The number of anilines is 1. The number of ether oxygens (including phenoxy) is 1. The van der Waals surface area contributed by atoms with E-state index in [1.165, 1.54) is 15.9 Å². The van der Waals surface area contributed by atoms with E-state index < -0.39 is 28.9 Å². The number of hydrogen-bond donors (Lipinski definition) is 1. The van der Waals surface area contributed by atoms with Crippen LogP contribution in [0.1, 0.15) is 45.5 Å². The van der Waals surface area contributed by atoms with Gasteiger partial charge in [0, 0.05) is 18.6 Å². The molecule has 0 aliphatic carbocycles. The molecule has 5 rings (SSSR count). The zero-order valence-corrected chi connectivity index (χ0v) is 25.2. The fraction of sp³-hybridized carbons (Fsp3) is 0.464. The summed E-state index contributed by atoms with van der Waals surface area (Å²) in [5.41, 5.74) is 6.11. The summed E-state index contributed by atoms with van der Waals surface area (Å²) >= 11 is 7.50. The fourth-order valence-electron chi connectivity index (χ4n) is 5.06. The summed E-state index contributed by atoms with van der Waals surface area (Å²) in [6.07, 6.45) is 0.503. The van der Waals surface area contributed by atoms with Gasteiger partial charge < -0.3 is 15.4 Å². The summed E-state index contributed by atoms with van der Waals surface area (Å²) in [6, 6.07) is 5.38. The Balaban J connectivity index is 1.61. The number of carbonyl (C=O) groups is 1. The predicted molar refractivity (Wildman–Crippen MR) is 160 cm³/mol. The van der Waals surface area contributed by atoms with Crippen LogP contribution in [0.25, 0.3) is 21.4 Å². The number of benzene rings is 1. The van der Waals surface area contributed by atoms with Gasteiger partial charge in [-0.1, -0.05) is 17.5 Å². The van der Waals surface area contributed by atoms with Gasteiger partial charge in [0.1, 0.15) is 10.6 Å². The standard InChI is InChI=1S/C28H32ClN7O4S/c1-6-7-12-34-21-23(32-26(34)35-13-8-9-17(22(35)30)25(38)40-28(2,3)4)33(5)27(39)36(24(21)37)15-20-31-18-14-16(29)10-11-19(18)41-20/h10-11,14,17,22H,8-9,12-13,15,30H2,1-5H3/t17?,22-/m1/s1. The Morgan fingerprint density at radius 1 is 1.24 bits per heavy atom. The van der Waals surface area contributed by atoms with E-state index in [1.54, 1.807) is 35.6 Å². The Labute approximate surface area is 245 Å². The van der Waals surface area contributed by atoms with Crippen LogP contribution in [0.5, 0.6) is 0 Å². The maximum Gasteiger partial charge on any atom is 0.332 e. The topological polar surface area (TPSA) is 130 Å². The summed E-state index contributed by atoms with van der Waals surface area (Å²) in [7, 11) is 1.57. The fourth-order valence-corrected chi connectivity index (χ4v) is 6.17. The van der Waals surface area contributed by atoms with E-state index in [2.05, 4.69) is 16.8 Å². The lowest BCUT2D eigenvalue weighted by molar-refractivity contribution is -0.161. The number of aromatic nitrogens is 5. The Morgan fingerprint density at radius 3 is 2.71 bits per heavy atom. The van der Waals surface area contributed by atoms with Gasteiger partial charge in [-0.05, 0) is 58.7 Å². The molecule has 0 spiro atoms. The van der Waals surface area contributed by atoms with Gasteiger partial charge in [-0.15, -0.1) is 17.3 Å². The number of imidazole rings is 1. The number of nitrogens with zero attached hydrogens (tertiary/aromatic N) is 6. The first-order chi connectivity index (χ1) is 19.4. The highest BCUT2D eigenvalue weighted by molar-refractivity contribution is 7.18. The lowest BCUT2D eigenvalue weighted by Gasteiger charge is -2.39. The molecule has 11 nitrogen and oxygen atoms in total. The van der Waals surface area contributed by atoms with Gasteiger partial charge >= 0.3 is 11.7 Å². The van der Waals surface area contributed by atoms with Crippen molar-refractivity contribution < 1.29 is 9.53 Å². The number of carbonyl (C=O) groups excluding carboxylic acids is 1. The smallest absolute Gasteiger partial charge is 0.332 e. The summed E-state index contributed by atoms with van der Waals surface area (Å²) in [5, 5.41) is 1.15. The van der Waals surface area contributed by atoms with Crippen molar-refractivity contribution in [2.24, 2.45) is 18.7 Å². The van der Waals surface area contributed by atoms with E-state index in [-0.39, 0.29) is 30.2 Å². The van der Waals surface area contributed by atoms with Gasteiger partial charge in [-0.25, -0.2) is 9.78 Å². The van der Waals surface area contributed by atoms with Gasteiger partial charge in [0.2, 0.25) is 5.95 Å². The molecular formula is C28H32ClN7O4S. The Kier molecular flexibility index (Phi) is 7.72. The normalized spacial score (nSPS) is 17.6. The number of esters is 1. The van der Waals surface area contributed by atoms with Gasteiger partial charge in [0.15, 0.2) is 11.2 Å². The van der Waals surface area contributed by atoms with E-state index in [0.717, 1.165) is 9.27 Å². The second-order valence-corrected chi connectivity index (χ2v) is 12.6. The van der Waals surface area contributed by atoms with Gasteiger partial charge in [0.05, 0.1) is 35.4 Å². The lowest BCUT2D eigenvalue weighted by atomic mass is 9.94. The molecule has 1 saturated heterocycles. The number of fused-ring (bicyclic) bond motifs is 2. The van der Waals surface area contributed by atoms with Crippen LogP contribution in [0.3, 0.4) is 0 Å². The molecule has 1 aliphatic heterocycles. The van der Waals surface area contributed by atoms with Crippen LogP contribution in [0.4, 0.5) is 5.95 Å². The lowest BCUT2D eigenvalue weighted by Crippen LogP contribution is -2.55. The van der Waals surface area contributed by atoms with E-state index in [0.29, 0.717) is 40.9 Å². The summed E-state index contributed by atoms with van der Waals surface area (Å²) in [4.78, 5) is 51.5. The third kappa shape index (κ3) is 5.49. The molecule has 1 aromatic carbocycles. The molecule has 2 atom stereocenters. The number of hydrogen-bond acceptors (Lipinski definition) is 9. The first-order valence-electron chi connectivity index (χ1n) is 13.3. The Hall–Kier alpha value is -3.66. The molecular weight excluding hydrogens is 566 g/mol. The number of aryl methyl sites for hydroxylation is 1. The molecule has 1 unspecified atom stereocenters. The second kappa shape index (κ2) is 11.0. The van der Waals surface area contributed by atoms with Crippen molar-refractivity contribution in [1.82, 2.24) is 23.7 Å². The Bertz CT molecular complexity index is 1840. The molecule has 13 heteroatoms. The van der Waals surface area contributed by atoms with Crippen LogP contribution in [0, 0.1) is 17.8 Å². The van der Waals surface area contributed by atoms with E-state index in [9.17, 15) is 14.4 Å². The average molecular weight is 598 g/mol. The highest BCUT2D eigenvalue weighted by atomic mass is 35.5. The van der Waals surface area contributed by atoms with Crippen molar-refractivity contribution in [3.8, 4) is 11.8 Å². The number of nitrogens with two attached hydrogens (primary N) is 1. The van der Waals surface area contributed by atoms with Crippen molar-refractivity contribution in [3.05, 3.63) is 49.1 Å². The predicted octanol–water partition coefficient (Wildman–Crippen LogP) is 3.07. The van der Waals surface area contributed by atoms with Crippen LogP contribution < -0.4 is 21.9 Å². The third-order valence-electron chi connectivity index (χ3n) is 6.97. The number of piperidine rings is 1. The molecule has 1 fully saturated rings. The third-order valence-corrected chi connectivity index (χ3v) is 8.22. The SMILES string of the molecule is CC#CCn1c(N2CCCC(C(=O)OC(C)(C)C)[C@@H]2N)nc2c1c(=O)n(Cc1nc3cc(Cl)ccc3s1)c(=O)n2C. The van der Waals surface area contributed by atoms with Crippen LogP contribution in [0.15, 0.2) is 27.8 Å². The van der Waals surface area contributed by atoms with E-state index in [1.807, 2.05) is 26.8 Å². The minimum Gasteiger partial charge on any atom is -0.460 e. The number of thiazole rings is 1. The van der Waals surface area contributed by atoms with Gasteiger partial charge in [-0.2, -0.15) is 4.98 Å². The molecule has 0 bridgehead atoms. The van der Waals surface area contributed by atoms with Crippen LogP contribution in [0.2, 0.25) is 5.02 Å². The summed E-state index contributed by atoms with van der Waals surface area (Å²) in [6.45, 7) is 7.80. The minimum atomic E-state index is -0.738. The maximum atomic E-state index is 13.9. The number of rotatable bonds is 5. The summed E-state index contributed by atoms with van der Waals surface area (Å²) in [5.74, 6) is 5.29. The van der Waals surface area contributed by atoms with E-state index >= 15 is 0 Å². The summed E-state index contributed by atoms with van der Waals surface area (Å²) < 4.78 is 10.7. The highest BCUT2D eigenvalue weighted by Gasteiger charge is 2.38. The molecule has 3 aromatic heterocycles. The number of halogens is 1. The molecule has 4 heterocycles. The van der Waals surface area contributed by atoms with Crippen molar-refractivity contribution in [2.75, 3.05) is 11.4 Å². The van der Waals surface area contributed by atoms with Crippen molar-refractivity contribution in [3.63, 3.8) is 0 Å². The molecule has 1 aliphatic rings. The van der Waals surface area contributed by atoms with Crippen LogP contribution >= 0.6 is 22.9 Å². The molecule has 0 amide bonds. The zero-order valence-electron chi connectivity index (χ0n) is 23.6. The molecule has 216 valence electrons. The first-order valence-corrected chi connectivity index (χ1v) is 14.5. The molecule has 4 aromatic rings. The highest BCUT2D eigenvalue weighted by Crippen LogP contribution is 2.30.